The number of pyridine rings is 1. The Morgan fingerprint density at radius 3 is 2.86 bits per heavy atom. The molecule has 2 rings (SSSR count). The molecule has 5 heteroatoms. The minimum absolute atomic E-state index is 0.0182. The van der Waals surface area contributed by atoms with Gasteiger partial charge in [-0.15, -0.1) is 0 Å². The SMILES string of the molecule is CCCC(C)(C)NC(=O)[C@H]1CC(=O)N(Cc2ccccn2)C1. The van der Waals surface area contributed by atoms with Crippen molar-refractivity contribution in [3.8, 4) is 0 Å². The lowest BCUT2D eigenvalue weighted by Gasteiger charge is -2.27. The van der Waals surface area contributed by atoms with Crippen LogP contribution in [0.25, 0.3) is 0 Å². The Kier molecular flexibility index (Phi) is 5.16. The van der Waals surface area contributed by atoms with Crippen LogP contribution in [0.4, 0.5) is 0 Å². The van der Waals surface area contributed by atoms with Gasteiger partial charge in [-0.1, -0.05) is 19.4 Å². The summed E-state index contributed by atoms with van der Waals surface area (Å²) in [7, 11) is 0. The zero-order valence-corrected chi connectivity index (χ0v) is 13.6. The smallest absolute Gasteiger partial charge is 0.225 e. The van der Waals surface area contributed by atoms with Crippen molar-refractivity contribution < 1.29 is 9.59 Å². The van der Waals surface area contributed by atoms with Crippen LogP contribution in [0.2, 0.25) is 0 Å². The van der Waals surface area contributed by atoms with Crippen molar-refractivity contribution in [2.45, 2.75) is 52.1 Å². The molecule has 1 aliphatic rings. The largest absolute Gasteiger partial charge is 0.351 e. The van der Waals surface area contributed by atoms with Gasteiger partial charge in [0, 0.05) is 24.7 Å². The summed E-state index contributed by atoms with van der Waals surface area (Å²) in [5.74, 6) is -0.248. The van der Waals surface area contributed by atoms with Crippen LogP contribution >= 0.6 is 0 Å². The van der Waals surface area contributed by atoms with Crippen LogP contribution < -0.4 is 5.32 Å². The summed E-state index contributed by atoms with van der Waals surface area (Å²) >= 11 is 0. The van der Waals surface area contributed by atoms with E-state index in [0.717, 1.165) is 18.5 Å². The van der Waals surface area contributed by atoms with Gasteiger partial charge >= 0.3 is 0 Å². The van der Waals surface area contributed by atoms with Crippen molar-refractivity contribution in [2.24, 2.45) is 5.92 Å². The predicted octanol–water partition coefficient (Wildman–Crippen LogP) is 2.12. The van der Waals surface area contributed by atoms with Gasteiger partial charge in [0.05, 0.1) is 18.2 Å². The molecule has 2 amide bonds. The summed E-state index contributed by atoms with van der Waals surface area (Å²) in [5, 5.41) is 3.07. The molecular weight excluding hydrogens is 278 g/mol. The highest BCUT2D eigenvalue weighted by molar-refractivity contribution is 5.89. The van der Waals surface area contributed by atoms with E-state index >= 15 is 0 Å². The fraction of sp³-hybridized carbons (Fsp3) is 0.588. The molecule has 120 valence electrons. The third-order valence-electron chi connectivity index (χ3n) is 4.00. The number of likely N-dealkylation sites (tertiary alicyclic amines) is 1. The van der Waals surface area contributed by atoms with Gasteiger partial charge in [0.15, 0.2) is 0 Å². The first-order valence-electron chi connectivity index (χ1n) is 7.91. The van der Waals surface area contributed by atoms with Gasteiger partial charge in [-0.3, -0.25) is 14.6 Å². The summed E-state index contributed by atoms with van der Waals surface area (Å²) in [5.41, 5.74) is 0.631. The molecule has 2 heterocycles. The molecule has 0 saturated carbocycles. The first-order valence-corrected chi connectivity index (χ1v) is 7.91. The number of carbonyl (C=O) groups is 2. The highest BCUT2D eigenvalue weighted by Crippen LogP contribution is 2.21. The third-order valence-corrected chi connectivity index (χ3v) is 4.00. The molecule has 1 aromatic rings. The Morgan fingerprint density at radius 1 is 1.45 bits per heavy atom. The molecule has 1 saturated heterocycles. The van der Waals surface area contributed by atoms with Crippen LogP contribution in [0.3, 0.4) is 0 Å². The quantitative estimate of drug-likeness (QED) is 0.875. The van der Waals surface area contributed by atoms with Gasteiger partial charge in [0.1, 0.15) is 0 Å². The number of nitrogens with one attached hydrogen (secondary N) is 1. The Labute approximate surface area is 132 Å². The van der Waals surface area contributed by atoms with Crippen LogP contribution in [-0.4, -0.2) is 33.8 Å². The highest BCUT2D eigenvalue weighted by Gasteiger charge is 2.36. The molecule has 5 nitrogen and oxygen atoms in total. The van der Waals surface area contributed by atoms with Crippen molar-refractivity contribution in [1.29, 1.82) is 0 Å². The number of carbonyl (C=O) groups excluding carboxylic acids is 2. The van der Waals surface area contributed by atoms with Crippen LogP contribution in [-0.2, 0) is 16.1 Å². The first-order chi connectivity index (χ1) is 10.4. The van der Waals surface area contributed by atoms with E-state index in [-0.39, 0.29) is 23.3 Å². The Balaban J connectivity index is 1.93. The summed E-state index contributed by atoms with van der Waals surface area (Å²) in [6.07, 6.45) is 3.95. The molecule has 22 heavy (non-hydrogen) atoms. The van der Waals surface area contributed by atoms with Gasteiger partial charge in [0.2, 0.25) is 11.8 Å². The van der Waals surface area contributed by atoms with E-state index in [1.165, 1.54) is 0 Å². The first kappa shape index (κ1) is 16.5. The van der Waals surface area contributed by atoms with Crippen molar-refractivity contribution >= 4 is 11.8 Å². The average molecular weight is 303 g/mol. The van der Waals surface area contributed by atoms with E-state index in [4.69, 9.17) is 0 Å². The van der Waals surface area contributed by atoms with Crippen molar-refractivity contribution in [2.75, 3.05) is 6.54 Å². The number of aromatic nitrogens is 1. The van der Waals surface area contributed by atoms with Crippen LogP contribution in [0, 0.1) is 5.92 Å². The molecule has 0 spiro atoms. The van der Waals surface area contributed by atoms with Gasteiger partial charge in [-0.05, 0) is 32.4 Å². The minimum atomic E-state index is -0.257. The molecule has 0 radical (unpaired) electrons. The fourth-order valence-corrected chi connectivity index (χ4v) is 2.91. The zero-order chi connectivity index (χ0) is 16.2. The van der Waals surface area contributed by atoms with Crippen molar-refractivity contribution in [1.82, 2.24) is 15.2 Å². The van der Waals surface area contributed by atoms with Gasteiger partial charge in [0.25, 0.3) is 0 Å². The Morgan fingerprint density at radius 2 is 2.23 bits per heavy atom. The number of hydrogen-bond donors (Lipinski definition) is 1. The second-order valence-corrected chi connectivity index (χ2v) is 6.62. The van der Waals surface area contributed by atoms with E-state index in [1.54, 1.807) is 11.1 Å². The van der Waals surface area contributed by atoms with Crippen molar-refractivity contribution in [3.63, 3.8) is 0 Å². The molecule has 0 unspecified atom stereocenters. The Hall–Kier alpha value is -1.91. The lowest BCUT2D eigenvalue weighted by molar-refractivity contribution is -0.129. The number of hydrogen-bond acceptors (Lipinski definition) is 3. The van der Waals surface area contributed by atoms with E-state index in [9.17, 15) is 9.59 Å². The maximum Gasteiger partial charge on any atom is 0.225 e. The topological polar surface area (TPSA) is 62.3 Å². The van der Waals surface area contributed by atoms with E-state index in [2.05, 4.69) is 17.2 Å². The molecule has 0 aliphatic carbocycles. The normalized spacial score (nSPS) is 18.6. The molecule has 0 aromatic carbocycles. The minimum Gasteiger partial charge on any atom is -0.351 e. The molecule has 1 N–H and O–H groups in total. The summed E-state index contributed by atoms with van der Waals surface area (Å²) < 4.78 is 0. The van der Waals surface area contributed by atoms with E-state index in [1.807, 2.05) is 32.0 Å². The number of nitrogens with zero attached hydrogens (tertiary/aromatic N) is 2. The number of amides is 2. The maximum absolute atomic E-state index is 12.4. The van der Waals surface area contributed by atoms with E-state index in [0.29, 0.717) is 19.5 Å². The standard InChI is InChI=1S/C17H25N3O2/c1-4-8-17(2,3)19-16(22)13-10-15(21)20(11-13)12-14-7-5-6-9-18-14/h5-7,9,13H,4,8,10-12H2,1-3H3,(H,19,22)/t13-/m0/s1. The fourth-order valence-electron chi connectivity index (χ4n) is 2.91. The van der Waals surface area contributed by atoms with Crippen LogP contribution in [0.1, 0.15) is 45.7 Å². The maximum atomic E-state index is 12.4. The highest BCUT2D eigenvalue weighted by atomic mass is 16.2. The molecule has 1 aliphatic heterocycles. The van der Waals surface area contributed by atoms with Crippen LogP contribution in [0.5, 0.6) is 0 Å². The summed E-state index contributed by atoms with van der Waals surface area (Å²) in [4.78, 5) is 30.4. The van der Waals surface area contributed by atoms with Gasteiger partial charge in [-0.2, -0.15) is 0 Å². The number of rotatable bonds is 6. The molecule has 1 atom stereocenters. The molecule has 1 aromatic heterocycles. The summed E-state index contributed by atoms with van der Waals surface area (Å²) in [6.45, 7) is 7.10. The third kappa shape index (κ3) is 4.29. The predicted molar refractivity (Wildman–Crippen MR) is 84.9 cm³/mol. The summed E-state index contributed by atoms with van der Waals surface area (Å²) in [6, 6.07) is 5.65. The van der Waals surface area contributed by atoms with Gasteiger partial charge in [-0.25, -0.2) is 0 Å². The molecule has 0 bridgehead atoms. The second-order valence-electron chi connectivity index (χ2n) is 6.62. The van der Waals surface area contributed by atoms with Gasteiger partial charge < -0.3 is 10.2 Å². The Bertz CT molecular complexity index is 528. The second kappa shape index (κ2) is 6.90. The molecule has 1 fully saturated rings. The monoisotopic (exact) mass is 303 g/mol. The zero-order valence-electron chi connectivity index (χ0n) is 13.6. The average Bonchev–Trinajstić information content (AvgIpc) is 2.81. The lowest BCUT2D eigenvalue weighted by atomic mass is 9.97. The van der Waals surface area contributed by atoms with Crippen molar-refractivity contribution in [3.05, 3.63) is 30.1 Å². The van der Waals surface area contributed by atoms with Crippen LogP contribution in [0.15, 0.2) is 24.4 Å². The van der Waals surface area contributed by atoms with E-state index < -0.39 is 0 Å². The molecular formula is C17H25N3O2. The lowest BCUT2D eigenvalue weighted by Crippen LogP contribution is -2.46.